The Morgan fingerprint density at radius 1 is 1.00 bits per heavy atom. The fraction of sp³-hybridized carbons (Fsp3) is 0.381. The molecule has 0 amide bonds. The van der Waals surface area contributed by atoms with Crippen LogP contribution >= 0.6 is 0 Å². The van der Waals surface area contributed by atoms with E-state index >= 15 is 0 Å². The molecule has 2 aromatic carbocycles. The van der Waals surface area contributed by atoms with Crippen molar-refractivity contribution in [3.8, 4) is 6.07 Å². The number of sulfonamides is 1. The molecule has 0 aromatic heterocycles. The average Bonchev–Trinajstić information content (AvgIpc) is 2.70. The van der Waals surface area contributed by atoms with Crippen molar-refractivity contribution in [3.05, 3.63) is 65.2 Å². The molecular weight excluding hydrogens is 358 g/mol. The van der Waals surface area contributed by atoms with E-state index in [2.05, 4.69) is 11.0 Å². The van der Waals surface area contributed by atoms with Crippen LogP contribution in [0.5, 0.6) is 0 Å². The summed E-state index contributed by atoms with van der Waals surface area (Å²) < 4.78 is 27.3. The van der Waals surface area contributed by atoms with Crippen molar-refractivity contribution in [2.75, 3.05) is 26.2 Å². The molecule has 2 aromatic rings. The van der Waals surface area contributed by atoms with E-state index in [-0.39, 0.29) is 6.04 Å². The monoisotopic (exact) mass is 383 g/mol. The summed E-state index contributed by atoms with van der Waals surface area (Å²) in [5, 5.41) is 9.63. The zero-order valence-corrected chi connectivity index (χ0v) is 16.6. The maximum absolute atomic E-state index is 12.9. The van der Waals surface area contributed by atoms with E-state index in [0.717, 1.165) is 23.1 Å². The number of benzene rings is 2. The van der Waals surface area contributed by atoms with Gasteiger partial charge in [0.2, 0.25) is 10.0 Å². The fourth-order valence-electron chi connectivity index (χ4n) is 3.36. The standard InChI is InChI=1S/C21H25N3O2S/c1-3-18-6-10-20(11-7-18)27(25,26)24-14-12-23(13-15-24)21(16-22)19-8-4-17(2)5-9-19/h4-11,21H,3,12-15H2,1-2H3. The normalized spacial score (nSPS) is 17.4. The Kier molecular flexibility index (Phi) is 5.95. The van der Waals surface area contributed by atoms with Crippen molar-refractivity contribution < 1.29 is 8.42 Å². The Balaban J connectivity index is 1.70. The summed E-state index contributed by atoms with van der Waals surface area (Å²) in [5.74, 6) is 0. The molecular formula is C21H25N3O2S. The molecule has 5 nitrogen and oxygen atoms in total. The second-order valence-electron chi connectivity index (χ2n) is 6.88. The van der Waals surface area contributed by atoms with Crippen LogP contribution in [0.25, 0.3) is 0 Å². The largest absolute Gasteiger partial charge is 0.282 e. The van der Waals surface area contributed by atoms with Gasteiger partial charge in [-0.1, -0.05) is 48.9 Å². The van der Waals surface area contributed by atoms with Crippen LogP contribution in [0.2, 0.25) is 0 Å². The Labute approximate surface area is 161 Å². The number of rotatable bonds is 5. The summed E-state index contributed by atoms with van der Waals surface area (Å²) in [5.41, 5.74) is 3.23. The van der Waals surface area contributed by atoms with E-state index in [1.807, 2.05) is 50.2 Å². The number of aryl methyl sites for hydroxylation is 2. The topological polar surface area (TPSA) is 64.4 Å². The minimum absolute atomic E-state index is 0.337. The minimum atomic E-state index is -3.49. The van der Waals surface area contributed by atoms with Gasteiger partial charge in [-0.05, 0) is 36.6 Å². The Hall–Kier alpha value is -2.20. The van der Waals surface area contributed by atoms with Crippen LogP contribution < -0.4 is 0 Å². The number of piperazine rings is 1. The van der Waals surface area contributed by atoms with Crippen LogP contribution in [0.4, 0.5) is 0 Å². The number of nitrogens with zero attached hydrogens (tertiary/aromatic N) is 3. The lowest BCUT2D eigenvalue weighted by Gasteiger charge is -2.36. The SMILES string of the molecule is CCc1ccc(S(=O)(=O)N2CCN(C(C#N)c3ccc(C)cc3)CC2)cc1. The van der Waals surface area contributed by atoms with Crippen LogP contribution in [-0.4, -0.2) is 43.8 Å². The molecule has 1 unspecified atom stereocenters. The summed E-state index contributed by atoms with van der Waals surface area (Å²) in [6.45, 7) is 5.92. The second-order valence-corrected chi connectivity index (χ2v) is 8.82. The molecule has 0 N–H and O–H groups in total. The van der Waals surface area contributed by atoms with Crippen LogP contribution in [0.15, 0.2) is 53.4 Å². The highest BCUT2D eigenvalue weighted by Gasteiger charge is 2.31. The van der Waals surface area contributed by atoms with E-state index in [1.165, 1.54) is 4.31 Å². The average molecular weight is 384 g/mol. The Bertz CT molecular complexity index is 907. The van der Waals surface area contributed by atoms with E-state index < -0.39 is 10.0 Å². The smallest absolute Gasteiger partial charge is 0.243 e. The first-order chi connectivity index (χ1) is 13.0. The molecule has 142 valence electrons. The van der Waals surface area contributed by atoms with Gasteiger partial charge in [-0.3, -0.25) is 4.90 Å². The molecule has 27 heavy (non-hydrogen) atoms. The molecule has 0 aliphatic carbocycles. The highest BCUT2D eigenvalue weighted by Crippen LogP contribution is 2.24. The Morgan fingerprint density at radius 3 is 2.11 bits per heavy atom. The summed E-state index contributed by atoms with van der Waals surface area (Å²) in [4.78, 5) is 2.39. The second kappa shape index (κ2) is 8.22. The van der Waals surface area contributed by atoms with Crippen LogP contribution in [0.1, 0.15) is 29.7 Å². The zero-order valence-electron chi connectivity index (χ0n) is 15.8. The van der Waals surface area contributed by atoms with E-state index in [0.29, 0.717) is 31.1 Å². The highest BCUT2D eigenvalue weighted by molar-refractivity contribution is 7.89. The number of nitriles is 1. The third-order valence-corrected chi connectivity index (χ3v) is 7.04. The van der Waals surface area contributed by atoms with Gasteiger partial charge in [-0.25, -0.2) is 8.42 Å². The van der Waals surface area contributed by atoms with Crippen LogP contribution in [0.3, 0.4) is 0 Å². The molecule has 1 heterocycles. The predicted octanol–water partition coefficient (Wildman–Crippen LogP) is 3.13. The lowest BCUT2D eigenvalue weighted by Crippen LogP contribution is -2.49. The highest BCUT2D eigenvalue weighted by atomic mass is 32.2. The van der Waals surface area contributed by atoms with Crippen molar-refractivity contribution in [1.82, 2.24) is 9.21 Å². The molecule has 0 spiro atoms. The van der Waals surface area contributed by atoms with Crippen LogP contribution in [0, 0.1) is 18.3 Å². The van der Waals surface area contributed by atoms with Gasteiger partial charge in [0.1, 0.15) is 6.04 Å². The lowest BCUT2D eigenvalue weighted by atomic mass is 10.0. The van der Waals surface area contributed by atoms with Gasteiger partial charge in [0.15, 0.2) is 0 Å². The van der Waals surface area contributed by atoms with Crippen molar-refractivity contribution in [3.63, 3.8) is 0 Å². The maximum atomic E-state index is 12.9. The summed E-state index contributed by atoms with van der Waals surface area (Å²) in [6.07, 6.45) is 0.883. The van der Waals surface area contributed by atoms with Crippen molar-refractivity contribution in [2.24, 2.45) is 0 Å². The fourth-order valence-corrected chi connectivity index (χ4v) is 4.79. The minimum Gasteiger partial charge on any atom is -0.282 e. The molecule has 1 aliphatic rings. The molecule has 3 rings (SSSR count). The van der Waals surface area contributed by atoms with E-state index in [1.54, 1.807) is 12.1 Å². The lowest BCUT2D eigenvalue weighted by molar-refractivity contribution is 0.162. The first-order valence-electron chi connectivity index (χ1n) is 9.25. The predicted molar refractivity (Wildman–Crippen MR) is 106 cm³/mol. The molecule has 1 saturated heterocycles. The maximum Gasteiger partial charge on any atom is 0.243 e. The molecule has 6 heteroatoms. The number of hydrogen-bond donors (Lipinski definition) is 0. The quantitative estimate of drug-likeness (QED) is 0.796. The molecule has 0 radical (unpaired) electrons. The summed E-state index contributed by atoms with van der Waals surface area (Å²) in [7, 11) is -3.49. The molecule has 0 saturated carbocycles. The van der Waals surface area contributed by atoms with Crippen molar-refractivity contribution >= 4 is 10.0 Å². The van der Waals surface area contributed by atoms with Gasteiger partial charge < -0.3 is 0 Å². The molecule has 1 fully saturated rings. The third-order valence-electron chi connectivity index (χ3n) is 5.12. The van der Waals surface area contributed by atoms with E-state index in [4.69, 9.17) is 0 Å². The van der Waals surface area contributed by atoms with Gasteiger partial charge in [-0.15, -0.1) is 0 Å². The van der Waals surface area contributed by atoms with Gasteiger partial charge in [0.05, 0.1) is 11.0 Å². The number of hydrogen-bond acceptors (Lipinski definition) is 4. The first-order valence-corrected chi connectivity index (χ1v) is 10.7. The first kappa shape index (κ1) is 19.6. The van der Waals surface area contributed by atoms with Crippen LogP contribution in [-0.2, 0) is 16.4 Å². The van der Waals surface area contributed by atoms with Crippen molar-refractivity contribution in [1.29, 1.82) is 5.26 Å². The zero-order chi connectivity index (χ0) is 19.4. The van der Waals surface area contributed by atoms with Gasteiger partial charge in [0, 0.05) is 26.2 Å². The Morgan fingerprint density at radius 2 is 1.59 bits per heavy atom. The van der Waals surface area contributed by atoms with Gasteiger partial charge in [0.25, 0.3) is 0 Å². The van der Waals surface area contributed by atoms with Gasteiger partial charge in [-0.2, -0.15) is 9.57 Å². The molecule has 1 atom stereocenters. The molecule has 1 aliphatic heterocycles. The van der Waals surface area contributed by atoms with Crippen molar-refractivity contribution in [2.45, 2.75) is 31.2 Å². The van der Waals surface area contributed by atoms with E-state index in [9.17, 15) is 13.7 Å². The summed E-state index contributed by atoms with van der Waals surface area (Å²) in [6, 6.07) is 17.1. The third kappa shape index (κ3) is 4.22. The van der Waals surface area contributed by atoms with Gasteiger partial charge >= 0.3 is 0 Å². The molecule has 0 bridgehead atoms. The summed E-state index contributed by atoms with van der Waals surface area (Å²) >= 11 is 0.